The van der Waals surface area contributed by atoms with Crippen molar-refractivity contribution in [1.29, 1.82) is 0 Å². The van der Waals surface area contributed by atoms with Crippen LogP contribution in [0, 0.1) is 5.82 Å². The second-order valence-corrected chi connectivity index (χ2v) is 4.05. The summed E-state index contributed by atoms with van der Waals surface area (Å²) in [6.07, 6.45) is 1.30. The van der Waals surface area contributed by atoms with E-state index in [1.807, 2.05) is 6.92 Å². The summed E-state index contributed by atoms with van der Waals surface area (Å²) in [6, 6.07) is 2.09. The van der Waals surface area contributed by atoms with Crippen LogP contribution in [0.4, 0.5) is 17.3 Å². The molecule has 0 unspecified atom stereocenters. The number of hydrogen-bond acceptors (Lipinski definition) is 3. The van der Waals surface area contributed by atoms with Crippen molar-refractivity contribution >= 4 is 12.4 Å². The molecule has 108 valence electrons. The van der Waals surface area contributed by atoms with Gasteiger partial charge in [0.05, 0.1) is 0 Å². The predicted molar refractivity (Wildman–Crippen MR) is 65.1 cm³/mol. The molecule has 0 spiro atoms. The third-order valence-electron chi connectivity index (χ3n) is 2.69. The molecule has 0 aliphatic heterocycles. The third-order valence-corrected chi connectivity index (χ3v) is 2.69. The first kappa shape index (κ1) is 14.4. The van der Waals surface area contributed by atoms with Gasteiger partial charge >= 0.3 is 6.98 Å². The first-order valence-electron chi connectivity index (χ1n) is 5.90. The molecular formula is C11H11BF4N3O-. The molecule has 0 aliphatic rings. The zero-order valence-corrected chi connectivity index (χ0v) is 10.6. The van der Waals surface area contributed by atoms with Crippen LogP contribution in [-0.2, 0) is 13.2 Å². The van der Waals surface area contributed by atoms with Crippen LogP contribution in [0.25, 0.3) is 0 Å². The highest BCUT2D eigenvalue weighted by molar-refractivity contribution is 6.73. The molecule has 0 saturated carbocycles. The summed E-state index contributed by atoms with van der Waals surface area (Å²) in [5.74, 6) is -0.890. The number of aromatic nitrogens is 3. The summed E-state index contributed by atoms with van der Waals surface area (Å²) in [6.45, 7) is -2.99. The Kier molecular flexibility index (Phi) is 3.96. The molecule has 1 aromatic carbocycles. The van der Waals surface area contributed by atoms with Gasteiger partial charge < -0.3 is 17.7 Å². The maximum atomic E-state index is 13.4. The van der Waals surface area contributed by atoms with E-state index in [1.165, 1.54) is 11.0 Å². The van der Waals surface area contributed by atoms with Crippen LogP contribution in [0.1, 0.15) is 12.7 Å². The molecule has 2 aromatic rings. The molecule has 0 atom stereocenters. The van der Waals surface area contributed by atoms with E-state index in [2.05, 4.69) is 10.1 Å². The largest absolute Gasteiger partial charge is 0.509 e. The molecule has 0 bridgehead atoms. The van der Waals surface area contributed by atoms with E-state index < -0.39 is 24.0 Å². The smallest absolute Gasteiger partial charge is 0.483 e. The zero-order chi connectivity index (χ0) is 14.8. The Morgan fingerprint density at radius 1 is 1.30 bits per heavy atom. The Morgan fingerprint density at radius 3 is 2.70 bits per heavy atom. The normalized spacial score (nSPS) is 11.7. The molecule has 1 aromatic heterocycles. The van der Waals surface area contributed by atoms with Gasteiger partial charge in [-0.1, -0.05) is 6.07 Å². The van der Waals surface area contributed by atoms with Gasteiger partial charge in [0.25, 0.3) is 0 Å². The second kappa shape index (κ2) is 5.52. The van der Waals surface area contributed by atoms with Crippen molar-refractivity contribution in [2.45, 2.75) is 20.1 Å². The number of ether oxygens (including phenoxy) is 1. The Bertz CT molecular complexity index is 600. The van der Waals surface area contributed by atoms with Gasteiger partial charge in [0.1, 0.15) is 12.9 Å². The van der Waals surface area contributed by atoms with E-state index in [0.29, 0.717) is 24.5 Å². The Labute approximate surface area is 112 Å². The topological polar surface area (TPSA) is 39.9 Å². The van der Waals surface area contributed by atoms with Crippen LogP contribution in [0.15, 0.2) is 24.5 Å². The molecule has 9 heteroatoms. The molecule has 0 aliphatic carbocycles. The van der Waals surface area contributed by atoms with Gasteiger partial charge in [-0.2, -0.15) is 5.10 Å². The molecule has 20 heavy (non-hydrogen) atoms. The zero-order valence-electron chi connectivity index (χ0n) is 10.6. The van der Waals surface area contributed by atoms with Gasteiger partial charge in [-0.15, -0.1) is 5.46 Å². The average Bonchev–Trinajstić information content (AvgIpc) is 2.83. The maximum Gasteiger partial charge on any atom is 0.509 e. The molecule has 4 nitrogen and oxygen atoms in total. The fourth-order valence-corrected chi connectivity index (χ4v) is 1.64. The molecule has 2 rings (SSSR count). The molecule has 0 N–H and O–H groups in total. The Balaban J connectivity index is 2.17. The summed E-state index contributed by atoms with van der Waals surface area (Å²) in [5, 5.41) is 3.88. The van der Waals surface area contributed by atoms with Crippen molar-refractivity contribution in [3.63, 3.8) is 0 Å². The first-order valence-corrected chi connectivity index (χ1v) is 5.90. The van der Waals surface area contributed by atoms with Gasteiger partial charge in [0.15, 0.2) is 17.4 Å². The fraction of sp³-hybridized carbons (Fsp3) is 0.273. The van der Waals surface area contributed by atoms with Gasteiger partial charge in [-0.3, -0.25) is 0 Å². The number of hydrogen-bond donors (Lipinski definition) is 0. The molecule has 1 heterocycles. The van der Waals surface area contributed by atoms with Gasteiger partial charge in [-0.25, -0.2) is 14.1 Å². The first-order chi connectivity index (χ1) is 9.41. The quantitative estimate of drug-likeness (QED) is 0.624. The Hall–Kier alpha value is -2.06. The molecule has 0 saturated heterocycles. The lowest BCUT2D eigenvalue weighted by Crippen LogP contribution is -2.34. The molecule has 0 amide bonds. The van der Waals surface area contributed by atoms with Gasteiger partial charge in [-0.05, 0) is 19.1 Å². The monoisotopic (exact) mass is 288 g/mol. The van der Waals surface area contributed by atoms with Crippen LogP contribution in [0.2, 0.25) is 0 Å². The van der Waals surface area contributed by atoms with Crippen molar-refractivity contribution in [2.75, 3.05) is 0 Å². The standard InChI is InChI=1S/C11H11BF4N3O/c1-2-19-11(17-7-18-19)6-20-10-5-8(12(14,15)16)3-4-9(10)13/h3-5,7H,2,6H2,1H3/q-1. The van der Waals surface area contributed by atoms with Crippen LogP contribution in [0.3, 0.4) is 0 Å². The van der Waals surface area contributed by atoms with Crippen LogP contribution in [0.5, 0.6) is 5.75 Å². The van der Waals surface area contributed by atoms with Crippen LogP contribution < -0.4 is 10.2 Å². The second-order valence-electron chi connectivity index (χ2n) is 4.05. The van der Waals surface area contributed by atoms with Crippen LogP contribution >= 0.6 is 0 Å². The predicted octanol–water partition coefficient (Wildman–Crippen LogP) is 2.07. The summed E-state index contributed by atoms with van der Waals surface area (Å²) < 4.78 is 57.8. The summed E-state index contributed by atoms with van der Waals surface area (Å²) in [7, 11) is 0. The lowest BCUT2D eigenvalue weighted by Gasteiger charge is -2.16. The minimum Gasteiger partial charge on any atom is -0.483 e. The van der Waals surface area contributed by atoms with E-state index >= 15 is 0 Å². The highest BCUT2D eigenvalue weighted by Gasteiger charge is 2.26. The minimum absolute atomic E-state index is 0.154. The maximum absolute atomic E-state index is 13.4. The van der Waals surface area contributed by atoms with Crippen LogP contribution in [-0.4, -0.2) is 21.7 Å². The van der Waals surface area contributed by atoms with E-state index in [9.17, 15) is 17.3 Å². The summed E-state index contributed by atoms with van der Waals surface area (Å²) in [5.41, 5.74) is -0.904. The van der Waals surface area contributed by atoms with Crippen molar-refractivity contribution in [3.8, 4) is 5.75 Å². The molecule has 0 fully saturated rings. The average molecular weight is 288 g/mol. The minimum atomic E-state index is -5.19. The number of benzene rings is 1. The van der Waals surface area contributed by atoms with Crippen molar-refractivity contribution < 1.29 is 22.1 Å². The molecule has 0 radical (unpaired) electrons. The summed E-state index contributed by atoms with van der Waals surface area (Å²) >= 11 is 0. The van der Waals surface area contributed by atoms with Crippen molar-refractivity contribution in [1.82, 2.24) is 14.8 Å². The van der Waals surface area contributed by atoms with Crippen molar-refractivity contribution in [2.24, 2.45) is 0 Å². The lowest BCUT2D eigenvalue weighted by atomic mass is 9.80. The fourth-order valence-electron chi connectivity index (χ4n) is 1.64. The number of nitrogens with zero attached hydrogens (tertiary/aromatic N) is 3. The van der Waals surface area contributed by atoms with Crippen molar-refractivity contribution in [3.05, 3.63) is 36.2 Å². The SMILES string of the molecule is CCn1ncnc1COc1cc([B-](F)(F)F)ccc1F. The highest BCUT2D eigenvalue weighted by Crippen LogP contribution is 2.19. The van der Waals surface area contributed by atoms with E-state index in [4.69, 9.17) is 4.74 Å². The van der Waals surface area contributed by atoms with E-state index in [0.717, 1.165) is 6.07 Å². The summed E-state index contributed by atoms with van der Waals surface area (Å²) in [4.78, 5) is 3.89. The highest BCUT2D eigenvalue weighted by atomic mass is 19.4. The van der Waals surface area contributed by atoms with Gasteiger partial charge in [0, 0.05) is 6.54 Å². The van der Waals surface area contributed by atoms with E-state index in [1.54, 1.807) is 0 Å². The lowest BCUT2D eigenvalue weighted by molar-refractivity contribution is 0.273. The number of aryl methyl sites for hydroxylation is 1. The Morgan fingerprint density at radius 2 is 2.05 bits per heavy atom. The van der Waals surface area contributed by atoms with E-state index in [-0.39, 0.29) is 6.61 Å². The third kappa shape index (κ3) is 3.09. The number of halogens is 4. The molecular weight excluding hydrogens is 277 g/mol. The van der Waals surface area contributed by atoms with Gasteiger partial charge in [0.2, 0.25) is 0 Å². The number of rotatable bonds is 5.